The van der Waals surface area contributed by atoms with Gasteiger partial charge in [0, 0.05) is 6.20 Å². The molecule has 58 valence electrons. The zero-order chi connectivity index (χ0) is 8.27. The summed E-state index contributed by atoms with van der Waals surface area (Å²) in [7, 11) is 0. The highest BCUT2D eigenvalue weighted by Gasteiger charge is 1.97. The van der Waals surface area contributed by atoms with Crippen LogP contribution in [0.5, 0.6) is 0 Å². The van der Waals surface area contributed by atoms with Crippen molar-refractivity contribution in [2.24, 2.45) is 0 Å². The topological polar surface area (TPSA) is 52.0 Å². The van der Waals surface area contributed by atoms with Gasteiger partial charge in [-0.05, 0) is 22.6 Å². The fourth-order valence-corrected chi connectivity index (χ4v) is 1.11. The average molecular weight is 264 g/mol. The van der Waals surface area contributed by atoms with Gasteiger partial charge in [-0.15, -0.1) is 0 Å². The maximum absolute atomic E-state index is 11.1. The zero-order valence-corrected chi connectivity index (χ0v) is 7.69. The van der Waals surface area contributed by atoms with Crippen molar-refractivity contribution >= 4 is 28.9 Å². The molecule has 11 heavy (non-hydrogen) atoms. The molecule has 0 fully saturated rings. The van der Waals surface area contributed by atoms with Crippen molar-refractivity contribution in [1.29, 1.82) is 0 Å². The van der Waals surface area contributed by atoms with E-state index in [0.717, 1.165) is 0 Å². The number of rotatable bonds is 2. The molecule has 0 atom stereocenters. The van der Waals surface area contributed by atoms with E-state index in [9.17, 15) is 9.59 Å². The van der Waals surface area contributed by atoms with Gasteiger partial charge in [-0.3, -0.25) is 9.36 Å². The van der Waals surface area contributed by atoms with Crippen LogP contribution in [0.25, 0.3) is 0 Å². The van der Waals surface area contributed by atoms with Crippen LogP contribution in [-0.2, 0) is 11.3 Å². The lowest BCUT2D eigenvalue weighted by atomic mass is 10.6. The van der Waals surface area contributed by atoms with Crippen LogP contribution in [0.3, 0.4) is 0 Å². The molecule has 0 radical (unpaired) electrons. The molecular weight excluding hydrogens is 259 g/mol. The van der Waals surface area contributed by atoms with Crippen LogP contribution in [-0.4, -0.2) is 15.8 Å². The second-order valence-corrected chi connectivity index (χ2v) is 3.03. The summed E-state index contributed by atoms with van der Waals surface area (Å²) in [4.78, 5) is 24.9. The maximum atomic E-state index is 11.1. The smallest absolute Gasteiger partial charge is 0.267 e. The number of nitrogens with zero attached hydrogens (tertiary/aromatic N) is 2. The summed E-state index contributed by atoms with van der Waals surface area (Å²) in [5.41, 5.74) is -0.173. The van der Waals surface area contributed by atoms with E-state index < -0.39 is 0 Å². The van der Waals surface area contributed by atoms with Gasteiger partial charge in [-0.25, -0.2) is 4.98 Å². The SMILES string of the molecule is O=CCn1cncc(I)c1=O. The van der Waals surface area contributed by atoms with Crippen molar-refractivity contribution < 1.29 is 4.79 Å². The second kappa shape index (κ2) is 3.61. The van der Waals surface area contributed by atoms with Gasteiger partial charge in [0.1, 0.15) is 6.29 Å². The van der Waals surface area contributed by atoms with Gasteiger partial charge in [0.05, 0.1) is 16.4 Å². The minimum Gasteiger partial charge on any atom is -0.301 e. The first-order chi connectivity index (χ1) is 5.25. The second-order valence-electron chi connectivity index (χ2n) is 1.87. The minimum atomic E-state index is -0.173. The Balaban J connectivity index is 3.16. The summed E-state index contributed by atoms with van der Waals surface area (Å²) in [6.45, 7) is 0.0721. The van der Waals surface area contributed by atoms with E-state index in [4.69, 9.17) is 0 Å². The van der Waals surface area contributed by atoms with Gasteiger partial charge in [0.25, 0.3) is 5.56 Å². The van der Waals surface area contributed by atoms with E-state index in [1.807, 2.05) is 22.6 Å². The lowest BCUT2D eigenvalue weighted by Crippen LogP contribution is -2.22. The molecule has 1 aromatic heterocycles. The number of carbonyl (C=O) groups is 1. The van der Waals surface area contributed by atoms with Crippen molar-refractivity contribution in [3.05, 3.63) is 26.4 Å². The highest BCUT2D eigenvalue weighted by atomic mass is 127. The Labute approximate surface area is 76.4 Å². The van der Waals surface area contributed by atoms with Crippen LogP contribution in [0.2, 0.25) is 0 Å². The van der Waals surface area contributed by atoms with Crippen molar-refractivity contribution in [2.75, 3.05) is 0 Å². The first-order valence-corrected chi connectivity index (χ1v) is 3.97. The third kappa shape index (κ3) is 1.86. The molecule has 0 aromatic carbocycles. The van der Waals surface area contributed by atoms with Crippen molar-refractivity contribution in [1.82, 2.24) is 9.55 Å². The Hall–Kier alpha value is -0.720. The summed E-state index contributed by atoms with van der Waals surface area (Å²) in [5.74, 6) is 0. The van der Waals surface area contributed by atoms with Crippen LogP contribution in [0.1, 0.15) is 0 Å². The van der Waals surface area contributed by atoms with E-state index in [2.05, 4.69) is 4.98 Å². The monoisotopic (exact) mass is 264 g/mol. The highest BCUT2D eigenvalue weighted by molar-refractivity contribution is 14.1. The molecule has 0 aliphatic heterocycles. The zero-order valence-electron chi connectivity index (χ0n) is 5.53. The predicted molar refractivity (Wildman–Crippen MR) is 47.3 cm³/mol. The Morgan fingerprint density at radius 1 is 1.73 bits per heavy atom. The Bertz CT molecular complexity index is 321. The number of carbonyl (C=O) groups excluding carboxylic acids is 1. The van der Waals surface area contributed by atoms with E-state index >= 15 is 0 Å². The minimum absolute atomic E-state index is 0.0721. The lowest BCUT2D eigenvalue weighted by Gasteiger charge is -1.97. The summed E-state index contributed by atoms with van der Waals surface area (Å²) in [5, 5.41) is 0. The third-order valence-electron chi connectivity index (χ3n) is 1.13. The molecule has 4 nitrogen and oxygen atoms in total. The molecule has 0 spiro atoms. The number of aldehydes is 1. The first-order valence-electron chi connectivity index (χ1n) is 2.89. The summed E-state index contributed by atoms with van der Waals surface area (Å²) >= 11 is 1.88. The average Bonchev–Trinajstić information content (AvgIpc) is 1.99. The Morgan fingerprint density at radius 3 is 3.09 bits per heavy atom. The van der Waals surface area contributed by atoms with Gasteiger partial charge in [0.15, 0.2) is 0 Å². The Morgan fingerprint density at radius 2 is 2.45 bits per heavy atom. The summed E-state index contributed by atoms with van der Waals surface area (Å²) in [6.07, 6.45) is 3.47. The van der Waals surface area contributed by atoms with Crippen LogP contribution in [0.4, 0.5) is 0 Å². The van der Waals surface area contributed by atoms with Crippen LogP contribution < -0.4 is 5.56 Å². The lowest BCUT2D eigenvalue weighted by molar-refractivity contribution is -0.108. The molecule has 1 aromatic rings. The molecule has 1 rings (SSSR count). The van der Waals surface area contributed by atoms with E-state index in [1.54, 1.807) is 0 Å². The molecule has 0 saturated heterocycles. The van der Waals surface area contributed by atoms with Gasteiger partial charge in [-0.2, -0.15) is 0 Å². The van der Waals surface area contributed by atoms with Gasteiger partial charge < -0.3 is 4.79 Å². The van der Waals surface area contributed by atoms with Crippen LogP contribution in [0, 0.1) is 3.57 Å². The summed E-state index contributed by atoms with van der Waals surface area (Å²) < 4.78 is 1.78. The van der Waals surface area contributed by atoms with Crippen molar-refractivity contribution in [3.63, 3.8) is 0 Å². The van der Waals surface area contributed by atoms with Crippen molar-refractivity contribution in [3.8, 4) is 0 Å². The third-order valence-corrected chi connectivity index (χ3v) is 1.87. The normalized spacial score (nSPS) is 9.55. The molecule has 0 bridgehead atoms. The molecule has 1 heterocycles. The van der Waals surface area contributed by atoms with Gasteiger partial charge >= 0.3 is 0 Å². The van der Waals surface area contributed by atoms with Crippen LogP contribution >= 0.6 is 22.6 Å². The van der Waals surface area contributed by atoms with E-state index in [-0.39, 0.29) is 12.1 Å². The molecule has 0 unspecified atom stereocenters. The van der Waals surface area contributed by atoms with E-state index in [0.29, 0.717) is 9.86 Å². The number of hydrogen-bond acceptors (Lipinski definition) is 3. The van der Waals surface area contributed by atoms with Crippen molar-refractivity contribution in [2.45, 2.75) is 6.54 Å². The predicted octanol–water partition coefficient (Wildman–Crippen LogP) is 0.0468. The molecule has 0 aliphatic carbocycles. The standard InChI is InChI=1S/C6H5IN2O2/c7-5-3-8-4-9(1-2-10)6(5)11/h2-4H,1H2. The van der Waals surface area contributed by atoms with Gasteiger partial charge in [-0.1, -0.05) is 0 Å². The molecule has 0 aliphatic rings. The number of aromatic nitrogens is 2. The van der Waals surface area contributed by atoms with Gasteiger partial charge in [0.2, 0.25) is 0 Å². The molecule has 5 heteroatoms. The maximum Gasteiger partial charge on any atom is 0.267 e. The molecule has 0 saturated carbocycles. The molecular formula is C6H5IN2O2. The number of halogens is 1. The Kier molecular flexibility index (Phi) is 2.75. The fraction of sp³-hybridized carbons (Fsp3) is 0.167. The summed E-state index contributed by atoms with van der Waals surface area (Å²) in [6, 6.07) is 0. The molecule has 0 N–H and O–H groups in total. The quantitative estimate of drug-likeness (QED) is 0.560. The van der Waals surface area contributed by atoms with Crippen LogP contribution in [0.15, 0.2) is 17.3 Å². The largest absolute Gasteiger partial charge is 0.301 e. The highest BCUT2D eigenvalue weighted by Crippen LogP contribution is 1.91. The first kappa shape index (κ1) is 8.38. The molecule has 0 amide bonds. The fourth-order valence-electron chi connectivity index (χ4n) is 0.634. The number of hydrogen-bond donors (Lipinski definition) is 0. The van der Waals surface area contributed by atoms with E-state index in [1.165, 1.54) is 17.1 Å².